The monoisotopic (exact) mass is 346 g/mol. The molecule has 128 valence electrons. The third-order valence-electron chi connectivity index (χ3n) is 4.22. The average Bonchev–Trinajstić information content (AvgIpc) is 2.84. The summed E-state index contributed by atoms with van der Waals surface area (Å²) >= 11 is 1.02. The Kier molecular flexibility index (Phi) is 5.38. The van der Waals surface area contributed by atoms with Gasteiger partial charge in [-0.1, -0.05) is 38.1 Å². The first-order chi connectivity index (χ1) is 11.5. The van der Waals surface area contributed by atoms with Gasteiger partial charge in [-0.2, -0.15) is 0 Å². The smallest absolute Gasteiger partial charge is 0.294 e. The number of rotatable bonds is 4. The lowest BCUT2D eigenvalue weighted by molar-refractivity contribution is -0.125. The van der Waals surface area contributed by atoms with Crippen LogP contribution in [0.15, 0.2) is 29.2 Å². The van der Waals surface area contributed by atoms with Crippen LogP contribution < -0.4 is 0 Å². The molecule has 0 spiro atoms. The Morgan fingerprint density at radius 1 is 1.17 bits per heavy atom. The fourth-order valence-corrected chi connectivity index (χ4v) is 3.52. The van der Waals surface area contributed by atoms with E-state index in [2.05, 4.69) is 30.9 Å². The molecular formula is C18H22N2O3S. The molecule has 6 heteroatoms. The van der Waals surface area contributed by atoms with Gasteiger partial charge in [0.1, 0.15) is 0 Å². The lowest BCUT2D eigenvalue weighted by Crippen LogP contribution is -2.45. The van der Waals surface area contributed by atoms with Crippen molar-refractivity contribution < 1.29 is 14.3 Å². The van der Waals surface area contributed by atoms with Crippen LogP contribution in [0.4, 0.5) is 4.79 Å². The molecule has 0 aliphatic carbocycles. The topological polar surface area (TPSA) is 49.9 Å². The van der Waals surface area contributed by atoms with E-state index in [1.165, 1.54) is 10.5 Å². The van der Waals surface area contributed by atoms with Crippen LogP contribution in [-0.4, -0.2) is 53.9 Å². The zero-order chi connectivity index (χ0) is 17.1. The van der Waals surface area contributed by atoms with Crippen molar-refractivity contribution in [2.45, 2.75) is 19.8 Å². The van der Waals surface area contributed by atoms with E-state index in [0.29, 0.717) is 30.7 Å². The number of ether oxygens (including phenoxy) is 1. The summed E-state index contributed by atoms with van der Waals surface area (Å²) in [5.41, 5.74) is 2.20. The lowest BCUT2D eigenvalue weighted by atomic mass is 10.0. The molecule has 2 fully saturated rings. The van der Waals surface area contributed by atoms with Crippen molar-refractivity contribution in [2.75, 3.05) is 33.0 Å². The van der Waals surface area contributed by atoms with Crippen LogP contribution in [0.2, 0.25) is 0 Å². The Balaban J connectivity index is 1.70. The van der Waals surface area contributed by atoms with Crippen LogP contribution in [0.1, 0.15) is 30.9 Å². The highest BCUT2D eigenvalue weighted by Gasteiger charge is 2.36. The van der Waals surface area contributed by atoms with E-state index < -0.39 is 0 Å². The van der Waals surface area contributed by atoms with Crippen LogP contribution in [0.25, 0.3) is 6.08 Å². The van der Waals surface area contributed by atoms with Crippen molar-refractivity contribution in [2.24, 2.45) is 0 Å². The van der Waals surface area contributed by atoms with E-state index in [0.717, 1.165) is 30.4 Å². The minimum atomic E-state index is -0.204. The van der Waals surface area contributed by atoms with Crippen molar-refractivity contribution in [1.29, 1.82) is 0 Å². The summed E-state index contributed by atoms with van der Waals surface area (Å²) in [5.74, 6) is 0.268. The normalized spacial score (nSPS) is 21.3. The van der Waals surface area contributed by atoms with E-state index in [4.69, 9.17) is 4.74 Å². The summed E-state index contributed by atoms with van der Waals surface area (Å²) in [6.45, 7) is 7.42. The summed E-state index contributed by atoms with van der Waals surface area (Å²) in [6, 6.07) is 8.11. The molecule has 2 aliphatic heterocycles. The first kappa shape index (κ1) is 17.2. The maximum atomic E-state index is 12.5. The second kappa shape index (κ2) is 7.51. The highest BCUT2D eigenvalue weighted by molar-refractivity contribution is 8.18. The van der Waals surface area contributed by atoms with Crippen LogP contribution in [0.5, 0.6) is 0 Å². The molecule has 0 bridgehead atoms. The SMILES string of the molecule is CC(C)c1ccc(/C=C2/SC(=O)N(CN3CCOCC3)C2=O)cc1. The first-order valence-corrected chi connectivity index (χ1v) is 9.01. The van der Waals surface area contributed by atoms with Crippen LogP contribution in [-0.2, 0) is 9.53 Å². The molecule has 5 nitrogen and oxygen atoms in total. The van der Waals surface area contributed by atoms with E-state index >= 15 is 0 Å². The Hall–Kier alpha value is -1.63. The number of amides is 2. The zero-order valence-electron chi connectivity index (χ0n) is 14.0. The number of thioether (sulfide) groups is 1. The predicted molar refractivity (Wildman–Crippen MR) is 95.6 cm³/mol. The molecule has 0 radical (unpaired) electrons. The van der Waals surface area contributed by atoms with Crippen LogP contribution in [0.3, 0.4) is 0 Å². The number of hydrogen-bond donors (Lipinski definition) is 0. The van der Waals surface area contributed by atoms with Crippen molar-refractivity contribution >= 4 is 29.0 Å². The number of benzene rings is 1. The lowest BCUT2D eigenvalue weighted by Gasteiger charge is -2.29. The molecule has 0 unspecified atom stereocenters. The van der Waals surface area contributed by atoms with Crippen molar-refractivity contribution in [3.05, 3.63) is 40.3 Å². The number of carbonyl (C=O) groups is 2. The van der Waals surface area contributed by atoms with E-state index in [-0.39, 0.29) is 11.1 Å². The molecule has 3 rings (SSSR count). The van der Waals surface area contributed by atoms with E-state index in [9.17, 15) is 9.59 Å². The van der Waals surface area contributed by atoms with Gasteiger partial charge in [-0.25, -0.2) is 0 Å². The van der Waals surface area contributed by atoms with Gasteiger partial charge in [-0.3, -0.25) is 19.4 Å². The van der Waals surface area contributed by atoms with Gasteiger partial charge in [0.25, 0.3) is 11.1 Å². The third kappa shape index (κ3) is 3.88. The van der Waals surface area contributed by atoms with Gasteiger partial charge in [0.05, 0.1) is 24.8 Å². The molecule has 2 aliphatic rings. The fourth-order valence-electron chi connectivity index (χ4n) is 2.69. The molecule has 0 N–H and O–H groups in total. The van der Waals surface area contributed by atoms with Crippen molar-refractivity contribution in [1.82, 2.24) is 9.80 Å². The van der Waals surface area contributed by atoms with Gasteiger partial charge >= 0.3 is 0 Å². The molecule has 24 heavy (non-hydrogen) atoms. The maximum absolute atomic E-state index is 12.5. The van der Waals surface area contributed by atoms with Crippen LogP contribution in [0, 0.1) is 0 Å². The minimum Gasteiger partial charge on any atom is -0.379 e. The fraction of sp³-hybridized carbons (Fsp3) is 0.444. The second-order valence-corrected chi connectivity index (χ2v) is 7.30. The Morgan fingerprint density at radius 2 is 1.83 bits per heavy atom. The largest absolute Gasteiger partial charge is 0.379 e. The summed E-state index contributed by atoms with van der Waals surface area (Å²) in [4.78, 5) is 28.6. The van der Waals surface area contributed by atoms with Crippen LogP contribution >= 0.6 is 11.8 Å². The van der Waals surface area contributed by atoms with E-state index in [1.54, 1.807) is 6.08 Å². The number of imide groups is 1. The Bertz CT molecular complexity index is 649. The highest BCUT2D eigenvalue weighted by atomic mass is 32.2. The van der Waals surface area contributed by atoms with Gasteiger partial charge < -0.3 is 4.74 Å². The van der Waals surface area contributed by atoms with Gasteiger partial charge in [0.15, 0.2) is 0 Å². The molecule has 0 aromatic heterocycles. The number of hydrogen-bond acceptors (Lipinski definition) is 5. The third-order valence-corrected chi connectivity index (χ3v) is 5.13. The predicted octanol–water partition coefficient (Wildman–Crippen LogP) is 3.14. The van der Waals surface area contributed by atoms with Crippen molar-refractivity contribution in [3.63, 3.8) is 0 Å². The molecule has 2 heterocycles. The Labute approximate surface area is 146 Å². The molecule has 2 saturated heterocycles. The highest BCUT2D eigenvalue weighted by Crippen LogP contribution is 2.32. The minimum absolute atomic E-state index is 0.198. The number of carbonyl (C=O) groups excluding carboxylic acids is 2. The standard InChI is InChI=1S/C18H22N2O3S/c1-13(2)15-5-3-14(4-6-15)11-16-17(21)20(18(22)24-16)12-19-7-9-23-10-8-19/h3-6,11,13H,7-10,12H2,1-2H3/b16-11+. The van der Waals surface area contributed by atoms with Crippen molar-refractivity contribution in [3.8, 4) is 0 Å². The average molecular weight is 346 g/mol. The summed E-state index contributed by atoms with van der Waals surface area (Å²) in [6.07, 6.45) is 1.80. The molecule has 1 aromatic rings. The zero-order valence-corrected chi connectivity index (χ0v) is 14.8. The summed E-state index contributed by atoms with van der Waals surface area (Å²) in [5, 5.41) is -0.198. The van der Waals surface area contributed by atoms with Gasteiger partial charge in [0.2, 0.25) is 0 Å². The Morgan fingerprint density at radius 3 is 2.46 bits per heavy atom. The molecule has 0 saturated carbocycles. The first-order valence-electron chi connectivity index (χ1n) is 8.20. The summed E-state index contributed by atoms with van der Waals surface area (Å²) < 4.78 is 5.30. The van der Waals surface area contributed by atoms with Gasteiger partial charge in [-0.15, -0.1) is 0 Å². The quantitative estimate of drug-likeness (QED) is 0.784. The molecule has 2 amide bonds. The molecular weight excluding hydrogens is 324 g/mol. The number of nitrogens with zero attached hydrogens (tertiary/aromatic N) is 2. The van der Waals surface area contributed by atoms with Gasteiger partial charge in [-0.05, 0) is 34.9 Å². The second-order valence-electron chi connectivity index (χ2n) is 6.30. The number of morpholine rings is 1. The molecule has 0 atom stereocenters. The maximum Gasteiger partial charge on any atom is 0.294 e. The summed E-state index contributed by atoms with van der Waals surface area (Å²) in [7, 11) is 0. The van der Waals surface area contributed by atoms with Gasteiger partial charge in [0, 0.05) is 13.1 Å². The van der Waals surface area contributed by atoms with E-state index in [1.807, 2.05) is 12.1 Å². The molecule has 1 aromatic carbocycles.